The number of nitrogens with two attached hydrogens (primary N) is 1. The zero-order chi connectivity index (χ0) is 12.8. The molecule has 5 nitrogen and oxygen atoms in total. The van der Waals surface area contributed by atoms with Crippen LogP contribution in [-0.4, -0.2) is 23.8 Å². The predicted molar refractivity (Wildman–Crippen MR) is 67.0 cm³/mol. The van der Waals surface area contributed by atoms with Crippen molar-refractivity contribution in [3.05, 3.63) is 47.6 Å². The molecule has 0 aliphatic rings. The van der Waals surface area contributed by atoms with E-state index in [9.17, 15) is 0 Å². The number of hydrogen-bond donors (Lipinski definition) is 1. The summed E-state index contributed by atoms with van der Waals surface area (Å²) in [4.78, 5) is 4.34. The van der Waals surface area contributed by atoms with Crippen LogP contribution in [0.25, 0.3) is 0 Å². The third-order valence-electron chi connectivity index (χ3n) is 2.65. The molecule has 0 bridgehead atoms. The van der Waals surface area contributed by atoms with E-state index in [0.29, 0.717) is 24.7 Å². The van der Waals surface area contributed by atoms with Gasteiger partial charge in [-0.15, -0.1) is 0 Å². The molecule has 1 atom stereocenters. The Kier molecular flexibility index (Phi) is 4.44. The molecule has 0 saturated carbocycles. The van der Waals surface area contributed by atoms with Gasteiger partial charge in [0.2, 0.25) is 11.7 Å². The summed E-state index contributed by atoms with van der Waals surface area (Å²) in [5.41, 5.74) is 6.45. The minimum absolute atomic E-state index is 0.290. The van der Waals surface area contributed by atoms with Gasteiger partial charge in [0.1, 0.15) is 6.10 Å². The van der Waals surface area contributed by atoms with Crippen LogP contribution in [0.3, 0.4) is 0 Å². The van der Waals surface area contributed by atoms with Crippen LogP contribution in [0.2, 0.25) is 0 Å². The van der Waals surface area contributed by atoms with Crippen LogP contribution < -0.4 is 5.73 Å². The van der Waals surface area contributed by atoms with E-state index in [1.807, 2.05) is 30.3 Å². The molecule has 1 aromatic heterocycles. The lowest BCUT2D eigenvalue weighted by Gasteiger charge is -2.10. The second kappa shape index (κ2) is 6.28. The highest BCUT2D eigenvalue weighted by molar-refractivity contribution is 5.22. The molecule has 2 rings (SSSR count). The molecule has 1 aromatic carbocycles. The van der Waals surface area contributed by atoms with Crippen molar-refractivity contribution in [1.29, 1.82) is 0 Å². The first-order valence-corrected chi connectivity index (χ1v) is 5.95. The average Bonchev–Trinajstić information content (AvgIpc) is 2.87. The molecule has 0 saturated heterocycles. The molecular weight excluding hydrogens is 230 g/mol. The van der Waals surface area contributed by atoms with E-state index < -0.39 is 0 Å². The smallest absolute Gasteiger partial charge is 0.226 e. The van der Waals surface area contributed by atoms with Gasteiger partial charge in [0.25, 0.3) is 0 Å². The fourth-order valence-corrected chi connectivity index (χ4v) is 1.75. The number of rotatable bonds is 6. The molecule has 0 aliphatic carbocycles. The van der Waals surface area contributed by atoms with Gasteiger partial charge >= 0.3 is 0 Å². The van der Waals surface area contributed by atoms with Gasteiger partial charge in [0.05, 0.1) is 0 Å². The molecule has 0 fully saturated rings. The standard InChI is InChI=1S/C13H17N3O2/c1-17-12(10-6-3-2-4-7-10)13-15-11(18-16-13)8-5-9-14/h2-4,6-7,12H,5,8-9,14H2,1H3. The lowest BCUT2D eigenvalue weighted by Crippen LogP contribution is -2.06. The van der Waals surface area contributed by atoms with E-state index in [1.54, 1.807) is 7.11 Å². The van der Waals surface area contributed by atoms with Crippen LogP contribution in [0, 0.1) is 0 Å². The summed E-state index contributed by atoms with van der Waals surface area (Å²) in [7, 11) is 1.63. The van der Waals surface area contributed by atoms with Crippen LogP contribution >= 0.6 is 0 Å². The topological polar surface area (TPSA) is 74.2 Å². The minimum atomic E-state index is -0.290. The Morgan fingerprint density at radius 2 is 2.11 bits per heavy atom. The highest BCUT2D eigenvalue weighted by atomic mass is 16.5. The Balaban J connectivity index is 2.15. The molecule has 0 spiro atoms. The van der Waals surface area contributed by atoms with Gasteiger partial charge < -0.3 is 15.0 Å². The Bertz CT molecular complexity index is 470. The number of aromatic nitrogens is 2. The van der Waals surface area contributed by atoms with Gasteiger partial charge in [0, 0.05) is 13.5 Å². The molecule has 2 N–H and O–H groups in total. The fourth-order valence-electron chi connectivity index (χ4n) is 1.75. The minimum Gasteiger partial charge on any atom is -0.369 e. The first-order chi connectivity index (χ1) is 8.85. The van der Waals surface area contributed by atoms with Crippen LogP contribution in [-0.2, 0) is 11.2 Å². The maximum Gasteiger partial charge on any atom is 0.226 e. The van der Waals surface area contributed by atoms with Crippen LogP contribution in [0.1, 0.15) is 29.8 Å². The second-order valence-electron chi connectivity index (χ2n) is 3.96. The van der Waals surface area contributed by atoms with E-state index in [-0.39, 0.29) is 6.10 Å². The number of ether oxygens (including phenoxy) is 1. The summed E-state index contributed by atoms with van der Waals surface area (Å²) in [6, 6.07) is 9.82. The van der Waals surface area contributed by atoms with Crippen molar-refractivity contribution in [2.24, 2.45) is 5.73 Å². The molecule has 0 aliphatic heterocycles. The summed E-state index contributed by atoms with van der Waals surface area (Å²) in [6.45, 7) is 0.615. The molecular formula is C13H17N3O2. The van der Waals surface area contributed by atoms with E-state index >= 15 is 0 Å². The van der Waals surface area contributed by atoms with Crippen molar-refractivity contribution in [1.82, 2.24) is 10.1 Å². The summed E-state index contributed by atoms with van der Waals surface area (Å²) in [5.74, 6) is 1.16. The van der Waals surface area contributed by atoms with Gasteiger partial charge in [-0.25, -0.2) is 0 Å². The summed E-state index contributed by atoms with van der Waals surface area (Å²) in [6.07, 6.45) is 1.25. The number of benzene rings is 1. The lowest BCUT2D eigenvalue weighted by molar-refractivity contribution is 0.126. The molecule has 2 aromatic rings. The zero-order valence-corrected chi connectivity index (χ0v) is 10.4. The van der Waals surface area contributed by atoms with Crippen LogP contribution in [0.4, 0.5) is 0 Å². The van der Waals surface area contributed by atoms with Gasteiger partial charge in [-0.3, -0.25) is 0 Å². The van der Waals surface area contributed by atoms with Crippen LogP contribution in [0.15, 0.2) is 34.9 Å². The SMILES string of the molecule is COC(c1ccccc1)c1noc(CCCN)n1. The monoisotopic (exact) mass is 247 g/mol. The molecule has 96 valence electrons. The summed E-state index contributed by atoms with van der Waals surface area (Å²) >= 11 is 0. The zero-order valence-electron chi connectivity index (χ0n) is 10.4. The van der Waals surface area contributed by atoms with Crippen molar-refractivity contribution < 1.29 is 9.26 Å². The van der Waals surface area contributed by atoms with Crippen LogP contribution in [0.5, 0.6) is 0 Å². The van der Waals surface area contributed by atoms with Gasteiger partial charge in [-0.1, -0.05) is 35.5 Å². The third kappa shape index (κ3) is 2.94. The highest BCUT2D eigenvalue weighted by Gasteiger charge is 2.19. The fraction of sp³-hybridized carbons (Fsp3) is 0.385. The summed E-state index contributed by atoms with van der Waals surface area (Å²) < 4.78 is 10.6. The number of nitrogens with zero attached hydrogens (tertiary/aromatic N) is 2. The molecule has 0 amide bonds. The number of hydrogen-bond acceptors (Lipinski definition) is 5. The maximum atomic E-state index is 5.45. The average molecular weight is 247 g/mol. The number of methoxy groups -OCH3 is 1. The maximum absolute atomic E-state index is 5.45. The van der Waals surface area contributed by atoms with E-state index in [0.717, 1.165) is 12.0 Å². The van der Waals surface area contributed by atoms with Gasteiger partial charge in [-0.05, 0) is 18.5 Å². The quantitative estimate of drug-likeness (QED) is 0.840. The Hall–Kier alpha value is -1.72. The predicted octanol–water partition coefficient (Wildman–Crippen LogP) is 1.70. The van der Waals surface area contributed by atoms with E-state index in [4.69, 9.17) is 15.0 Å². The molecule has 1 heterocycles. The largest absolute Gasteiger partial charge is 0.369 e. The van der Waals surface area contributed by atoms with Gasteiger partial charge in [-0.2, -0.15) is 4.98 Å². The first-order valence-electron chi connectivity index (χ1n) is 5.95. The van der Waals surface area contributed by atoms with Crippen molar-refractivity contribution in [3.63, 3.8) is 0 Å². The van der Waals surface area contributed by atoms with E-state index in [1.165, 1.54) is 0 Å². The second-order valence-corrected chi connectivity index (χ2v) is 3.96. The Labute approximate surface area is 106 Å². The summed E-state index contributed by atoms with van der Waals surface area (Å²) in [5, 5.41) is 3.96. The van der Waals surface area contributed by atoms with Crippen molar-refractivity contribution in [2.75, 3.05) is 13.7 Å². The molecule has 1 unspecified atom stereocenters. The third-order valence-corrected chi connectivity index (χ3v) is 2.65. The van der Waals surface area contributed by atoms with Crippen molar-refractivity contribution in [3.8, 4) is 0 Å². The lowest BCUT2D eigenvalue weighted by atomic mass is 10.1. The normalized spacial score (nSPS) is 12.6. The van der Waals surface area contributed by atoms with Gasteiger partial charge in [0.15, 0.2) is 0 Å². The Morgan fingerprint density at radius 1 is 1.33 bits per heavy atom. The molecule has 5 heteroatoms. The first kappa shape index (κ1) is 12.7. The molecule has 0 radical (unpaired) electrons. The number of aryl methyl sites for hydroxylation is 1. The highest BCUT2D eigenvalue weighted by Crippen LogP contribution is 2.22. The van der Waals surface area contributed by atoms with Crippen molar-refractivity contribution >= 4 is 0 Å². The molecule has 18 heavy (non-hydrogen) atoms. The Morgan fingerprint density at radius 3 is 2.78 bits per heavy atom. The van der Waals surface area contributed by atoms with Crippen molar-refractivity contribution in [2.45, 2.75) is 18.9 Å². The van der Waals surface area contributed by atoms with E-state index in [2.05, 4.69) is 10.1 Å².